The number of thiazole rings is 1. The average molecular weight is 286 g/mol. The predicted molar refractivity (Wildman–Crippen MR) is 71.5 cm³/mol. The Morgan fingerprint density at radius 1 is 1.56 bits per heavy atom. The first-order chi connectivity index (χ1) is 6.63. The minimum atomic E-state index is 0. The van der Waals surface area contributed by atoms with E-state index >= 15 is 0 Å². The third kappa shape index (κ3) is 5.65. The van der Waals surface area contributed by atoms with Crippen LogP contribution in [0.4, 0.5) is 0 Å². The van der Waals surface area contributed by atoms with E-state index in [4.69, 9.17) is 5.73 Å². The molecule has 1 rings (SSSR count). The number of hydrogen-bond donors (Lipinski definition) is 1. The molecule has 0 bridgehead atoms. The van der Waals surface area contributed by atoms with Gasteiger partial charge in [-0.1, -0.05) is 0 Å². The average Bonchev–Trinajstić information content (AvgIpc) is 2.51. The molecule has 0 spiro atoms. The highest BCUT2D eigenvalue weighted by Gasteiger charge is 2.09. The molecule has 0 fully saturated rings. The van der Waals surface area contributed by atoms with Crippen LogP contribution in [0.5, 0.6) is 0 Å². The zero-order valence-electron chi connectivity index (χ0n) is 9.30. The fourth-order valence-electron chi connectivity index (χ4n) is 1.13. The van der Waals surface area contributed by atoms with Gasteiger partial charge in [-0.25, -0.2) is 4.98 Å². The first kappa shape index (κ1) is 18.0. The highest BCUT2D eigenvalue weighted by atomic mass is 35.5. The molecule has 0 unspecified atom stereocenters. The van der Waals surface area contributed by atoms with Gasteiger partial charge >= 0.3 is 0 Å². The minimum absolute atomic E-state index is 0. The summed E-state index contributed by atoms with van der Waals surface area (Å²) in [5, 5.41) is 3.00. The van der Waals surface area contributed by atoms with Crippen LogP contribution in [0.25, 0.3) is 0 Å². The summed E-state index contributed by atoms with van der Waals surface area (Å²) < 4.78 is 0. The second-order valence-electron chi connectivity index (χ2n) is 3.15. The zero-order valence-corrected chi connectivity index (χ0v) is 11.8. The Balaban J connectivity index is 0. The SMILES string of the molecule is Cc1nc(CN(C)C(=O)CCN)cs1.Cl.Cl. The normalized spacial score (nSPS) is 8.94. The van der Waals surface area contributed by atoms with Crippen LogP contribution in [-0.4, -0.2) is 29.4 Å². The van der Waals surface area contributed by atoms with E-state index in [1.54, 1.807) is 23.3 Å². The van der Waals surface area contributed by atoms with Crippen LogP contribution in [0.3, 0.4) is 0 Å². The Morgan fingerprint density at radius 2 is 2.19 bits per heavy atom. The molecule has 1 amide bonds. The van der Waals surface area contributed by atoms with Crippen molar-refractivity contribution in [2.24, 2.45) is 5.73 Å². The van der Waals surface area contributed by atoms with Gasteiger partial charge in [0.05, 0.1) is 17.2 Å². The molecule has 16 heavy (non-hydrogen) atoms. The van der Waals surface area contributed by atoms with Crippen molar-refractivity contribution in [3.63, 3.8) is 0 Å². The predicted octanol–water partition coefficient (Wildman–Crippen LogP) is 1.60. The Hall–Kier alpha value is -0.360. The Morgan fingerprint density at radius 3 is 2.62 bits per heavy atom. The highest BCUT2D eigenvalue weighted by Crippen LogP contribution is 2.09. The van der Waals surface area contributed by atoms with Crippen molar-refractivity contribution in [1.82, 2.24) is 9.88 Å². The fourth-order valence-corrected chi connectivity index (χ4v) is 1.73. The lowest BCUT2D eigenvalue weighted by Crippen LogP contribution is -2.28. The maximum absolute atomic E-state index is 11.4. The van der Waals surface area contributed by atoms with Crippen LogP contribution in [0.2, 0.25) is 0 Å². The third-order valence-corrected chi connectivity index (χ3v) is 2.67. The van der Waals surface area contributed by atoms with Gasteiger partial charge in [0.2, 0.25) is 5.91 Å². The Bertz CT molecular complexity index is 319. The van der Waals surface area contributed by atoms with Gasteiger partial charge in [0.1, 0.15) is 0 Å². The van der Waals surface area contributed by atoms with Crippen molar-refractivity contribution >= 4 is 42.1 Å². The zero-order chi connectivity index (χ0) is 10.6. The largest absolute Gasteiger partial charge is 0.340 e. The number of aryl methyl sites for hydroxylation is 1. The Kier molecular flexibility index (Phi) is 9.86. The van der Waals surface area contributed by atoms with Gasteiger partial charge in [0, 0.05) is 25.4 Å². The van der Waals surface area contributed by atoms with Gasteiger partial charge in [0.25, 0.3) is 0 Å². The van der Waals surface area contributed by atoms with Crippen molar-refractivity contribution < 1.29 is 4.79 Å². The molecule has 0 aromatic carbocycles. The molecule has 0 aliphatic carbocycles. The van der Waals surface area contributed by atoms with Crippen LogP contribution < -0.4 is 5.73 Å². The van der Waals surface area contributed by atoms with E-state index in [9.17, 15) is 4.79 Å². The van der Waals surface area contributed by atoms with E-state index in [0.29, 0.717) is 19.5 Å². The second-order valence-corrected chi connectivity index (χ2v) is 4.21. The number of nitrogens with zero attached hydrogens (tertiary/aromatic N) is 2. The molecule has 94 valence electrons. The Labute approximate surface area is 112 Å². The number of nitrogens with two attached hydrogens (primary N) is 1. The van der Waals surface area contributed by atoms with E-state index in [2.05, 4.69) is 4.98 Å². The standard InChI is InChI=1S/C9H15N3OS.2ClH/c1-7-11-8(6-14-7)5-12(2)9(13)3-4-10;;/h6H,3-5,10H2,1-2H3;2*1H. The summed E-state index contributed by atoms with van der Waals surface area (Å²) in [6.45, 7) is 2.93. The molecule has 4 nitrogen and oxygen atoms in total. The molecule has 2 N–H and O–H groups in total. The number of hydrogen-bond acceptors (Lipinski definition) is 4. The molecule has 1 aromatic heterocycles. The molecule has 0 aliphatic rings. The summed E-state index contributed by atoms with van der Waals surface area (Å²) in [5.41, 5.74) is 6.25. The summed E-state index contributed by atoms with van der Waals surface area (Å²) in [6, 6.07) is 0. The van der Waals surface area contributed by atoms with E-state index in [-0.39, 0.29) is 30.7 Å². The van der Waals surface area contributed by atoms with Gasteiger partial charge < -0.3 is 10.6 Å². The molecule has 0 saturated heterocycles. The van der Waals surface area contributed by atoms with E-state index < -0.39 is 0 Å². The molecule has 0 saturated carbocycles. The molecular formula is C9H17Cl2N3OS. The lowest BCUT2D eigenvalue weighted by Gasteiger charge is -2.14. The van der Waals surface area contributed by atoms with Crippen LogP contribution in [-0.2, 0) is 11.3 Å². The number of rotatable bonds is 4. The monoisotopic (exact) mass is 285 g/mol. The van der Waals surface area contributed by atoms with Crippen LogP contribution >= 0.6 is 36.2 Å². The van der Waals surface area contributed by atoms with Crippen molar-refractivity contribution in [2.75, 3.05) is 13.6 Å². The van der Waals surface area contributed by atoms with Gasteiger partial charge in [-0.2, -0.15) is 0 Å². The lowest BCUT2D eigenvalue weighted by atomic mass is 10.3. The first-order valence-corrected chi connectivity index (χ1v) is 5.36. The van der Waals surface area contributed by atoms with Crippen molar-refractivity contribution in [1.29, 1.82) is 0 Å². The van der Waals surface area contributed by atoms with Crippen molar-refractivity contribution in [3.8, 4) is 0 Å². The summed E-state index contributed by atoms with van der Waals surface area (Å²) in [6.07, 6.45) is 0.402. The summed E-state index contributed by atoms with van der Waals surface area (Å²) in [4.78, 5) is 17.3. The summed E-state index contributed by atoms with van der Waals surface area (Å²) in [7, 11) is 1.77. The smallest absolute Gasteiger partial charge is 0.223 e. The molecule has 0 radical (unpaired) electrons. The van der Waals surface area contributed by atoms with Crippen LogP contribution in [0, 0.1) is 6.92 Å². The van der Waals surface area contributed by atoms with E-state index in [1.807, 2.05) is 12.3 Å². The molecular weight excluding hydrogens is 269 g/mol. The number of amides is 1. The summed E-state index contributed by atoms with van der Waals surface area (Å²) in [5.74, 6) is 0.0677. The quantitative estimate of drug-likeness (QED) is 0.914. The third-order valence-electron chi connectivity index (χ3n) is 1.85. The number of carbonyl (C=O) groups is 1. The number of halogens is 2. The molecule has 0 atom stereocenters. The van der Waals surface area contributed by atoms with Crippen molar-refractivity contribution in [2.45, 2.75) is 19.9 Å². The lowest BCUT2D eigenvalue weighted by molar-refractivity contribution is -0.130. The second kappa shape index (κ2) is 8.75. The molecule has 7 heteroatoms. The van der Waals surface area contributed by atoms with E-state index in [0.717, 1.165) is 10.7 Å². The van der Waals surface area contributed by atoms with Crippen LogP contribution in [0.1, 0.15) is 17.1 Å². The topological polar surface area (TPSA) is 59.2 Å². The number of aromatic nitrogens is 1. The fraction of sp³-hybridized carbons (Fsp3) is 0.556. The summed E-state index contributed by atoms with van der Waals surface area (Å²) >= 11 is 1.60. The van der Waals surface area contributed by atoms with Gasteiger partial charge in [0.15, 0.2) is 0 Å². The first-order valence-electron chi connectivity index (χ1n) is 4.48. The highest BCUT2D eigenvalue weighted by molar-refractivity contribution is 7.09. The van der Waals surface area contributed by atoms with Crippen LogP contribution in [0.15, 0.2) is 5.38 Å². The molecule has 1 heterocycles. The van der Waals surface area contributed by atoms with Gasteiger partial charge in [-0.3, -0.25) is 4.79 Å². The maximum Gasteiger partial charge on any atom is 0.223 e. The van der Waals surface area contributed by atoms with Crippen molar-refractivity contribution in [3.05, 3.63) is 16.1 Å². The number of carbonyl (C=O) groups excluding carboxylic acids is 1. The minimum Gasteiger partial charge on any atom is -0.340 e. The molecule has 0 aliphatic heterocycles. The molecule has 1 aromatic rings. The van der Waals surface area contributed by atoms with Gasteiger partial charge in [-0.15, -0.1) is 36.2 Å². The van der Waals surface area contributed by atoms with E-state index in [1.165, 1.54) is 0 Å². The maximum atomic E-state index is 11.4. The van der Waals surface area contributed by atoms with Gasteiger partial charge in [-0.05, 0) is 6.92 Å².